The molecule has 0 saturated heterocycles. The first-order chi connectivity index (χ1) is 14.8. The van der Waals surface area contributed by atoms with Gasteiger partial charge < -0.3 is 19.5 Å². The van der Waals surface area contributed by atoms with Crippen LogP contribution in [0.4, 0.5) is 0 Å². The van der Waals surface area contributed by atoms with Gasteiger partial charge in [0.15, 0.2) is 17.1 Å². The average Bonchev–Trinajstić information content (AvgIpc) is 3.04. The maximum atomic E-state index is 12.5. The van der Waals surface area contributed by atoms with Crippen molar-refractivity contribution in [2.24, 2.45) is 7.05 Å². The van der Waals surface area contributed by atoms with Crippen LogP contribution in [0.25, 0.3) is 11.0 Å². The molecular weight excluding hydrogens is 396 g/mol. The minimum atomic E-state index is -0.0319. The predicted molar refractivity (Wildman–Crippen MR) is 119 cm³/mol. The number of amides is 1. The van der Waals surface area contributed by atoms with Gasteiger partial charge >= 0.3 is 0 Å². The first-order valence-corrected chi connectivity index (χ1v) is 10.2. The fourth-order valence-corrected chi connectivity index (χ4v) is 4.00. The van der Waals surface area contributed by atoms with Gasteiger partial charge in [-0.25, -0.2) is 4.98 Å². The van der Waals surface area contributed by atoms with Crippen LogP contribution in [0.5, 0.6) is 17.2 Å². The summed E-state index contributed by atoms with van der Waals surface area (Å²) in [5, 5.41) is 8.52. The number of aryl methyl sites for hydroxylation is 4. The Morgan fingerprint density at radius 3 is 2.26 bits per heavy atom. The zero-order valence-electron chi connectivity index (χ0n) is 19.3. The smallest absolute Gasteiger partial charge is 0.220 e. The fourth-order valence-electron chi connectivity index (χ4n) is 4.00. The molecule has 0 aliphatic carbocycles. The highest BCUT2D eigenvalue weighted by atomic mass is 16.5. The first kappa shape index (κ1) is 22.4. The second kappa shape index (κ2) is 9.24. The van der Waals surface area contributed by atoms with Crippen LogP contribution < -0.4 is 19.5 Å². The molecule has 0 aliphatic heterocycles. The second-order valence-electron chi connectivity index (χ2n) is 7.52. The van der Waals surface area contributed by atoms with Crippen LogP contribution in [-0.4, -0.2) is 42.0 Å². The number of hydrogen-bond acceptors (Lipinski definition) is 6. The van der Waals surface area contributed by atoms with Gasteiger partial charge in [-0.1, -0.05) is 0 Å². The van der Waals surface area contributed by atoms with Crippen LogP contribution >= 0.6 is 0 Å². The van der Waals surface area contributed by atoms with Crippen molar-refractivity contribution in [3.63, 3.8) is 0 Å². The molecule has 8 nitrogen and oxygen atoms in total. The van der Waals surface area contributed by atoms with E-state index in [4.69, 9.17) is 19.2 Å². The first-order valence-electron chi connectivity index (χ1n) is 10.2. The van der Waals surface area contributed by atoms with E-state index in [9.17, 15) is 4.79 Å². The summed E-state index contributed by atoms with van der Waals surface area (Å²) >= 11 is 0. The summed E-state index contributed by atoms with van der Waals surface area (Å²) < 4.78 is 17.9. The third-order valence-electron chi connectivity index (χ3n) is 5.55. The van der Waals surface area contributed by atoms with Crippen LogP contribution in [0, 0.1) is 20.8 Å². The molecule has 2 heterocycles. The Morgan fingerprint density at radius 1 is 1.03 bits per heavy atom. The molecule has 3 aromatic rings. The number of nitrogens with zero attached hydrogens (tertiary/aromatic N) is 3. The second-order valence-corrected chi connectivity index (χ2v) is 7.52. The molecular formula is C23H30N4O4. The molecule has 3 rings (SSSR count). The molecule has 0 fully saturated rings. The van der Waals surface area contributed by atoms with Gasteiger partial charge in [0, 0.05) is 31.1 Å². The lowest BCUT2D eigenvalue weighted by molar-refractivity contribution is -0.121. The molecule has 2 aromatic heterocycles. The number of carbonyl (C=O) groups excluding carboxylic acids is 1. The molecule has 0 unspecified atom stereocenters. The highest BCUT2D eigenvalue weighted by Crippen LogP contribution is 2.38. The van der Waals surface area contributed by atoms with Gasteiger partial charge in [0.1, 0.15) is 0 Å². The summed E-state index contributed by atoms with van der Waals surface area (Å²) in [6, 6.07) is 3.66. The zero-order chi connectivity index (χ0) is 22.7. The number of methoxy groups -OCH3 is 3. The Kier molecular flexibility index (Phi) is 6.68. The minimum absolute atomic E-state index is 0.0319. The molecule has 1 N–H and O–H groups in total. The molecule has 31 heavy (non-hydrogen) atoms. The lowest BCUT2D eigenvalue weighted by atomic mass is 9.99. The van der Waals surface area contributed by atoms with E-state index in [0.29, 0.717) is 36.6 Å². The van der Waals surface area contributed by atoms with E-state index in [1.54, 1.807) is 26.0 Å². The van der Waals surface area contributed by atoms with Crippen molar-refractivity contribution in [2.75, 3.05) is 21.3 Å². The molecule has 0 aliphatic rings. The molecule has 0 saturated carbocycles. The minimum Gasteiger partial charge on any atom is -0.493 e. The Balaban J connectivity index is 1.70. The van der Waals surface area contributed by atoms with E-state index in [1.165, 1.54) is 0 Å². The van der Waals surface area contributed by atoms with Crippen molar-refractivity contribution in [1.82, 2.24) is 20.1 Å². The summed E-state index contributed by atoms with van der Waals surface area (Å²) in [5.74, 6) is 1.61. The highest BCUT2D eigenvalue weighted by molar-refractivity contribution is 5.84. The molecule has 8 heteroatoms. The zero-order valence-corrected chi connectivity index (χ0v) is 19.3. The van der Waals surface area contributed by atoms with Gasteiger partial charge in [-0.05, 0) is 56.0 Å². The van der Waals surface area contributed by atoms with Crippen molar-refractivity contribution < 1.29 is 19.0 Å². The fraction of sp³-hybridized carbons (Fsp3) is 0.435. The standard InChI is InChI=1S/C23H30N4O4/c1-13-17(14(2)25-23-21(13)15(3)26-27(23)4)8-9-20(28)24-12-16-10-18(29-5)22(31-7)19(11-16)30-6/h10-11H,8-9,12H2,1-7H3,(H,24,28). The monoisotopic (exact) mass is 426 g/mol. The van der Waals surface area contributed by atoms with E-state index in [2.05, 4.69) is 17.3 Å². The quantitative estimate of drug-likeness (QED) is 0.595. The summed E-state index contributed by atoms with van der Waals surface area (Å²) in [6.45, 7) is 6.42. The van der Waals surface area contributed by atoms with Crippen molar-refractivity contribution in [3.8, 4) is 17.2 Å². The molecule has 0 radical (unpaired) electrons. The van der Waals surface area contributed by atoms with Crippen molar-refractivity contribution in [3.05, 3.63) is 40.2 Å². The Labute approximate surface area is 182 Å². The maximum absolute atomic E-state index is 12.5. The lowest BCUT2D eigenvalue weighted by Gasteiger charge is -2.15. The van der Waals surface area contributed by atoms with Gasteiger partial charge in [-0.2, -0.15) is 5.10 Å². The maximum Gasteiger partial charge on any atom is 0.220 e. The van der Waals surface area contributed by atoms with Crippen LogP contribution in [0.15, 0.2) is 12.1 Å². The van der Waals surface area contributed by atoms with E-state index in [1.807, 2.05) is 33.0 Å². The van der Waals surface area contributed by atoms with E-state index >= 15 is 0 Å². The third-order valence-corrected chi connectivity index (χ3v) is 5.55. The highest BCUT2D eigenvalue weighted by Gasteiger charge is 2.17. The van der Waals surface area contributed by atoms with Crippen LogP contribution in [0.3, 0.4) is 0 Å². The van der Waals surface area contributed by atoms with Crippen molar-refractivity contribution in [2.45, 2.75) is 40.2 Å². The molecule has 0 atom stereocenters. The Morgan fingerprint density at radius 2 is 1.68 bits per heavy atom. The summed E-state index contributed by atoms with van der Waals surface area (Å²) in [5.41, 5.74) is 5.88. The number of rotatable bonds is 8. The average molecular weight is 427 g/mol. The van der Waals surface area contributed by atoms with Gasteiger partial charge in [0.05, 0.1) is 27.0 Å². The van der Waals surface area contributed by atoms with Crippen molar-refractivity contribution >= 4 is 16.9 Å². The van der Waals surface area contributed by atoms with Gasteiger partial charge in [-0.3, -0.25) is 9.48 Å². The van der Waals surface area contributed by atoms with E-state index in [-0.39, 0.29) is 5.91 Å². The molecule has 1 aromatic carbocycles. The number of aromatic nitrogens is 3. The topological polar surface area (TPSA) is 87.5 Å². The van der Waals surface area contributed by atoms with Crippen LogP contribution in [0.2, 0.25) is 0 Å². The number of hydrogen-bond donors (Lipinski definition) is 1. The van der Waals surface area contributed by atoms with E-state index < -0.39 is 0 Å². The number of fused-ring (bicyclic) bond motifs is 1. The summed E-state index contributed by atoms with van der Waals surface area (Å²) in [4.78, 5) is 17.3. The molecule has 1 amide bonds. The van der Waals surface area contributed by atoms with Gasteiger partial charge in [0.2, 0.25) is 11.7 Å². The normalized spacial score (nSPS) is 10.9. The van der Waals surface area contributed by atoms with Crippen molar-refractivity contribution in [1.29, 1.82) is 0 Å². The number of carbonyl (C=O) groups is 1. The number of ether oxygens (including phenoxy) is 3. The van der Waals surface area contributed by atoms with E-state index in [0.717, 1.165) is 39.1 Å². The molecule has 0 bridgehead atoms. The number of nitrogens with one attached hydrogen (secondary N) is 1. The Bertz CT molecular complexity index is 1100. The SMILES string of the molecule is COc1cc(CNC(=O)CCc2c(C)nc3c(c(C)nn3C)c2C)cc(OC)c1OC. The van der Waals surface area contributed by atoms with Crippen LogP contribution in [0.1, 0.15) is 34.5 Å². The van der Waals surface area contributed by atoms with Crippen LogP contribution in [-0.2, 0) is 24.8 Å². The Hall–Kier alpha value is -3.29. The summed E-state index contributed by atoms with van der Waals surface area (Å²) in [6.07, 6.45) is 0.995. The number of benzene rings is 1. The predicted octanol–water partition coefficient (Wildman–Crippen LogP) is 3.17. The van der Waals surface area contributed by atoms with Gasteiger partial charge in [-0.15, -0.1) is 0 Å². The summed E-state index contributed by atoms with van der Waals surface area (Å²) in [7, 11) is 6.60. The number of pyridine rings is 1. The van der Waals surface area contributed by atoms with Gasteiger partial charge in [0.25, 0.3) is 0 Å². The molecule has 0 spiro atoms. The third kappa shape index (κ3) is 4.42. The largest absolute Gasteiger partial charge is 0.493 e. The molecule has 166 valence electrons. The lowest BCUT2D eigenvalue weighted by Crippen LogP contribution is -2.23.